The molecule has 0 fully saturated rings. The molecule has 0 saturated carbocycles. The van der Waals surface area contributed by atoms with Crippen molar-refractivity contribution in [2.24, 2.45) is 0 Å². The highest BCUT2D eigenvalue weighted by Gasteiger charge is 2.11. The van der Waals surface area contributed by atoms with Crippen molar-refractivity contribution >= 4 is 33.4 Å². The number of para-hydroxylation sites is 1. The summed E-state index contributed by atoms with van der Waals surface area (Å²) in [6.45, 7) is 2.99. The fourth-order valence-electron chi connectivity index (χ4n) is 3.19. The predicted octanol–water partition coefficient (Wildman–Crippen LogP) is 4.60. The number of carbonyl (C=O) groups is 1. The number of hydrogen-bond donors (Lipinski definition) is 1. The lowest BCUT2D eigenvalue weighted by molar-refractivity contribution is 0.102. The molecule has 0 saturated heterocycles. The standard InChI is InChI=1S/C20H16FN3O/c1-2-24-17-6-4-3-5-15(17)16-11-14(8-9-18(16)24)23-20(25)13-7-10-19(21)22-12-13/h3-12H,2H2,1H3,(H,23,25). The molecule has 1 amide bonds. The van der Waals surface area contributed by atoms with Gasteiger partial charge in [0, 0.05) is 40.2 Å². The lowest BCUT2D eigenvalue weighted by Gasteiger charge is -2.06. The summed E-state index contributed by atoms with van der Waals surface area (Å²) in [5, 5.41) is 5.09. The number of amides is 1. The first kappa shape index (κ1) is 15.3. The third-order valence-electron chi connectivity index (χ3n) is 4.34. The lowest BCUT2D eigenvalue weighted by atomic mass is 10.1. The van der Waals surface area contributed by atoms with Gasteiger partial charge in [-0.2, -0.15) is 4.39 Å². The third-order valence-corrected chi connectivity index (χ3v) is 4.34. The Kier molecular flexibility index (Phi) is 3.69. The molecule has 0 aliphatic rings. The van der Waals surface area contributed by atoms with Crippen LogP contribution in [0.3, 0.4) is 0 Å². The molecule has 1 N–H and O–H groups in total. The van der Waals surface area contributed by atoms with Crippen molar-refractivity contribution in [2.75, 3.05) is 5.32 Å². The van der Waals surface area contributed by atoms with Gasteiger partial charge >= 0.3 is 0 Å². The maximum Gasteiger partial charge on any atom is 0.257 e. The first-order chi connectivity index (χ1) is 12.2. The zero-order valence-corrected chi connectivity index (χ0v) is 13.7. The molecule has 4 nitrogen and oxygen atoms in total. The third kappa shape index (κ3) is 2.63. The Morgan fingerprint density at radius 1 is 1.08 bits per heavy atom. The Balaban J connectivity index is 1.75. The van der Waals surface area contributed by atoms with E-state index >= 15 is 0 Å². The van der Waals surface area contributed by atoms with E-state index in [4.69, 9.17) is 0 Å². The second-order valence-corrected chi connectivity index (χ2v) is 5.82. The average molecular weight is 333 g/mol. The average Bonchev–Trinajstić information content (AvgIpc) is 2.95. The molecule has 2 aromatic heterocycles. The van der Waals surface area contributed by atoms with Crippen LogP contribution in [0.5, 0.6) is 0 Å². The van der Waals surface area contributed by atoms with Crippen LogP contribution < -0.4 is 5.32 Å². The summed E-state index contributed by atoms with van der Waals surface area (Å²) in [4.78, 5) is 15.8. The van der Waals surface area contributed by atoms with Gasteiger partial charge in [-0.15, -0.1) is 0 Å². The van der Waals surface area contributed by atoms with Gasteiger partial charge in [-0.05, 0) is 43.3 Å². The summed E-state index contributed by atoms with van der Waals surface area (Å²) < 4.78 is 15.1. The maximum absolute atomic E-state index is 12.9. The number of rotatable bonds is 3. The highest BCUT2D eigenvalue weighted by molar-refractivity contribution is 6.11. The summed E-state index contributed by atoms with van der Waals surface area (Å²) in [6, 6.07) is 16.7. The first-order valence-corrected chi connectivity index (χ1v) is 8.11. The smallest absolute Gasteiger partial charge is 0.257 e. The maximum atomic E-state index is 12.9. The van der Waals surface area contributed by atoms with Crippen molar-refractivity contribution in [1.82, 2.24) is 9.55 Å². The lowest BCUT2D eigenvalue weighted by Crippen LogP contribution is -2.12. The van der Waals surface area contributed by atoms with E-state index in [1.165, 1.54) is 23.8 Å². The van der Waals surface area contributed by atoms with Gasteiger partial charge in [0.1, 0.15) is 0 Å². The van der Waals surface area contributed by atoms with E-state index in [1.807, 2.05) is 30.3 Å². The minimum absolute atomic E-state index is 0.314. The molecule has 0 unspecified atom stereocenters. The van der Waals surface area contributed by atoms with Crippen molar-refractivity contribution in [3.05, 3.63) is 72.3 Å². The number of anilines is 1. The van der Waals surface area contributed by atoms with E-state index in [-0.39, 0.29) is 5.91 Å². The fraction of sp³-hybridized carbons (Fsp3) is 0.100. The Morgan fingerprint density at radius 3 is 2.64 bits per heavy atom. The van der Waals surface area contributed by atoms with Crippen LogP contribution in [0.25, 0.3) is 21.8 Å². The Labute approximate surface area is 143 Å². The number of aryl methyl sites for hydroxylation is 1. The number of nitrogens with one attached hydrogen (secondary N) is 1. The SMILES string of the molecule is CCn1c2ccccc2c2cc(NC(=O)c3ccc(F)nc3)ccc21. The van der Waals surface area contributed by atoms with Crippen molar-refractivity contribution in [2.45, 2.75) is 13.5 Å². The van der Waals surface area contributed by atoms with E-state index < -0.39 is 5.95 Å². The molecule has 0 radical (unpaired) electrons. The minimum atomic E-state index is -0.606. The molecule has 25 heavy (non-hydrogen) atoms. The van der Waals surface area contributed by atoms with Gasteiger partial charge in [-0.3, -0.25) is 4.79 Å². The molecular formula is C20H16FN3O. The Bertz CT molecular complexity index is 1080. The minimum Gasteiger partial charge on any atom is -0.341 e. The molecule has 5 heteroatoms. The molecule has 124 valence electrons. The van der Waals surface area contributed by atoms with Crippen molar-refractivity contribution in [3.63, 3.8) is 0 Å². The highest BCUT2D eigenvalue weighted by atomic mass is 19.1. The Morgan fingerprint density at radius 2 is 1.88 bits per heavy atom. The van der Waals surface area contributed by atoms with Crippen LogP contribution >= 0.6 is 0 Å². The highest BCUT2D eigenvalue weighted by Crippen LogP contribution is 2.31. The van der Waals surface area contributed by atoms with Gasteiger partial charge in [0.2, 0.25) is 5.95 Å². The van der Waals surface area contributed by atoms with E-state index in [2.05, 4.69) is 33.9 Å². The molecule has 0 aliphatic carbocycles. The molecule has 4 rings (SSSR count). The molecular weight excluding hydrogens is 317 g/mol. The zero-order chi connectivity index (χ0) is 17.4. The van der Waals surface area contributed by atoms with Crippen LogP contribution in [-0.4, -0.2) is 15.5 Å². The van der Waals surface area contributed by atoms with E-state index in [9.17, 15) is 9.18 Å². The van der Waals surface area contributed by atoms with E-state index in [0.717, 1.165) is 22.8 Å². The zero-order valence-electron chi connectivity index (χ0n) is 13.7. The summed E-state index contributed by atoms with van der Waals surface area (Å²) in [5.74, 6) is -0.920. The van der Waals surface area contributed by atoms with Crippen LogP contribution in [0, 0.1) is 5.95 Å². The number of pyridine rings is 1. The molecule has 2 aromatic carbocycles. The number of fused-ring (bicyclic) bond motifs is 3. The molecule has 4 aromatic rings. The number of hydrogen-bond acceptors (Lipinski definition) is 2. The fourth-order valence-corrected chi connectivity index (χ4v) is 3.19. The molecule has 0 spiro atoms. The number of halogens is 1. The Hall–Kier alpha value is -3.21. The summed E-state index contributed by atoms with van der Waals surface area (Å²) in [6.07, 6.45) is 1.23. The van der Waals surface area contributed by atoms with E-state index in [0.29, 0.717) is 11.3 Å². The van der Waals surface area contributed by atoms with Gasteiger partial charge in [-0.1, -0.05) is 18.2 Å². The largest absolute Gasteiger partial charge is 0.341 e. The van der Waals surface area contributed by atoms with Crippen LogP contribution in [0.15, 0.2) is 60.8 Å². The topological polar surface area (TPSA) is 46.9 Å². The van der Waals surface area contributed by atoms with Gasteiger partial charge in [0.05, 0.1) is 5.56 Å². The van der Waals surface area contributed by atoms with Gasteiger partial charge in [-0.25, -0.2) is 4.98 Å². The number of nitrogens with zero attached hydrogens (tertiary/aromatic N) is 2. The predicted molar refractivity (Wildman–Crippen MR) is 97.3 cm³/mol. The summed E-state index contributed by atoms with van der Waals surface area (Å²) in [7, 11) is 0. The van der Waals surface area contributed by atoms with Gasteiger partial charge in [0.25, 0.3) is 5.91 Å². The number of aromatic nitrogens is 2. The molecule has 0 aliphatic heterocycles. The quantitative estimate of drug-likeness (QED) is 0.557. The normalized spacial score (nSPS) is 11.1. The van der Waals surface area contributed by atoms with Gasteiger partial charge < -0.3 is 9.88 Å². The summed E-state index contributed by atoms with van der Waals surface area (Å²) in [5.41, 5.74) is 3.31. The number of benzene rings is 2. The first-order valence-electron chi connectivity index (χ1n) is 8.11. The van der Waals surface area contributed by atoms with Crippen LogP contribution in [0.2, 0.25) is 0 Å². The van der Waals surface area contributed by atoms with Crippen LogP contribution in [0.1, 0.15) is 17.3 Å². The van der Waals surface area contributed by atoms with E-state index in [1.54, 1.807) is 0 Å². The van der Waals surface area contributed by atoms with Crippen molar-refractivity contribution < 1.29 is 9.18 Å². The molecule has 0 bridgehead atoms. The second-order valence-electron chi connectivity index (χ2n) is 5.82. The van der Waals surface area contributed by atoms with Crippen molar-refractivity contribution in [1.29, 1.82) is 0 Å². The second kappa shape index (κ2) is 6.02. The molecule has 0 atom stereocenters. The number of carbonyl (C=O) groups excluding carboxylic acids is 1. The van der Waals surface area contributed by atoms with Crippen LogP contribution in [0.4, 0.5) is 10.1 Å². The summed E-state index contributed by atoms with van der Waals surface area (Å²) >= 11 is 0. The van der Waals surface area contributed by atoms with Gasteiger partial charge in [0.15, 0.2) is 0 Å². The van der Waals surface area contributed by atoms with Crippen LogP contribution in [-0.2, 0) is 6.54 Å². The monoisotopic (exact) mass is 333 g/mol. The molecule has 2 heterocycles. The van der Waals surface area contributed by atoms with Crippen molar-refractivity contribution in [3.8, 4) is 0 Å².